The molecule has 0 bridgehead atoms. The number of benzene rings is 1. The first-order valence-corrected chi connectivity index (χ1v) is 14.6. The quantitative estimate of drug-likeness (QED) is 0.265. The van der Waals surface area contributed by atoms with E-state index in [1.807, 2.05) is 0 Å². The molecular formula is C20H17Cl2F6N3O6S2. The Balaban J connectivity index is 1.46. The smallest absolute Gasteiger partial charge is 0.376 e. The molecule has 1 saturated heterocycles. The Hall–Kier alpha value is -2.24. The summed E-state index contributed by atoms with van der Waals surface area (Å²) < 4.78 is 126. The molecule has 4 rings (SSSR count). The number of hydrogen-bond donors (Lipinski definition) is 0. The molecule has 1 aliphatic heterocycles. The van der Waals surface area contributed by atoms with Crippen molar-refractivity contribution in [2.24, 2.45) is 5.92 Å². The largest absolute Gasteiger partial charge is 0.534 e. The molecule has 1 aromatic heterocycles. The van der Waals surface area contributed by atoms with Crippen molar-refractivity contribution in [1.29, 1.82) is 0 Å². The van der Waals surface area contributed by atoms with E-state index in [1.54, 1.807) is 0 Å². The van der Waals surface area contributed by atoms with Gasteiger partial charge in [-0.1, -0.05) is 23.2 Å². The topological polar surface area (TPSA) is 116 Å². The number of aromatic nitrogens is 2. The zero-order valence-electron chi connectivity index (χ0n) is 19.3. The van der Waals surface area contributed by atoms with E-state index in [4.69, 9.17) is 23.2 Å². The lowest BCUT2D eigenvalue weighted by molar-refractivity contribution is -0.133. The van der Waals surface area contributed by atoms with Crippen LogP contribution in [0.3, 0.4) is 0 Å². The molecule has 0 saturated carbocycles. The van der Waals surface area contributed by atoms with Gasteiger partial charge in [-0.3, -0.25) is 4.79 Å². The molecule has 2 atom stereocenters. The molecule has 1 aromatic carbocycles. The van der Waals surface area contributed by atoms with Gasteiger partial charge in [0.25, 0.3) is 0 Å². The Bertz CT molecular complexity index is 1500. The zero-order chi connectivity index (χ0) is 29.1. The Morgan fingerprint density at radius 2 is 1.62 bits per heavy atom. The van der Waals surface area contributed by atoms with Crippen molar-refractivity contribution >= 4 is 49.3 Å². The Morgan fingerprint density at radius 3 is 2.18 bits per heavy atom. The molecule has 216 valence electrons. The van der Waals surface area contributed by atoms with E-state index < -0.39 is 48.9 Å². The average molecular weight is 644 g/mol. The zero-order valence-corrected chi connectivity index (χ0v) is 22.4. The normalized spacial score (nSPS) is 20.8. The summed E-state index contributed by atoms with van der Waals surface area (Å²) in [6.07, 6.45) is 1.66. The van der Waals surface area contributed by atoms with Gasteiger partial charge in [0.2, 0.25) is 5.91 Å². The van der Waals surface area contributed by atoms with Crippen molar-refractivity contribution in [2.45, 2.75) is 49.2 Å². The fourth-order valence-corrected chi connectivity index (χ4v) is 6.26. The molecule has 0 radical (unpaired) electrons. The summed E-state index contributed by atoms with van der Waals surface area (Å²) in [5.41, 5.74) is -10.6. The highest BCUT2D eigenvalue weighted by molar-refractivity contribution is 7.90. The molecule has 2 aromatic rings. The van der Waals surface area contributed by atoms with Gasteiger partial charge in [-0.05, 0) is 43.2 Å². The second-order valence-corrected chi connectivity index (χ2v) is 13.0. The van der Waals surface area contributed by atoms with E-state index in [0.29, 0.717) is 12.8 Å². The maximum Gasteiger partial charge on any atom is 0.534 e. The second-order valence-electron chi connectivity index (χ2n) is 8.89. The standard InChI is InChI=1S/C20H17Cl2F6N3O6S2/c21-15-7-13(37-39(35,36)20(26,27)28)8-16(22)14(15)6-10-3-4-30(18(10)32)12-1-2-17-11(5-12)9-31(29-17)38(33,34)19(23,24)25/h7-10,12H,1-6H2. The highest BCUT2D eigenvalue weighted by Crippen LogP contribution is 2.37. The van der Waals surface area contributed by atoms with E-state index in [-0.39, 0.29) is 62.7 Å². The van der Waals surface area contributed by atoms with Crippen molar-refractivity contribution in [3.05, 3.63) is 45.2 Å². The highest BCUT2D eigenvalue weighted by Gasteiger charge is 2.49. The van der Waals surface area contributed by atoms with Crippen molar-refractivity contribution < 1.29 is 52.2 Å². The van der Waals surface area contributed by atoms with Gasteiger partial charge in [-0.2, -0.15) is 52.4 Å². The number of likely N-dealkylation sites (tertiary alicyclic amines) is 1. The number of halogens is 8. The van der Waals surface area contributed by atoms with Crippen LogP contribution in [0.5, 0.6) is 5.75 Å². The van der Waals surface area contributed by atoms with Crippen molar-refractivity contribution in [3.8, 4) is 5.75 Å². The second kappa shape index (κ2) is 9.99. The van der Waals surface area contributed by atoms with E-state index in [0.717, 1.165) is 18.3 Å². The molecule has 39 heavy (non-hydrogen) atoms. The summed E-state index contributed by atoms with van der Waals surface area (Å²) in [6, 6.07) is 1.23. The molecule has 1 amide bonds. The van der Waals surface area contributed by atoms with Crippen LogP contribution in [0.2, 0.25) is 10.0 Å². The van der Waals surface area contributed by atoms with E-state index in [1.165, 1.54) is 4.90 Å². The van der Waals surface area contributed by atoms with Gasteiger partial charge in [0, 0.05) is 46.9 Å². The third kappa shape index (κ3) is 5.67. The molecule has 9 nitrogen and oxygen atoms in total. The maximum atomic E-state index is 13.1. The van der Waals surface area contributed by atoms with Crippen LogP contribution in [0.25, 0.3) is 0 Å². The first kappa shape index (κ1) is 29.7. The predicted molar refractivity (Wildman–Crippen MR) is 124 cm³/mol. The molecule has 1 fully saturated rings. The molecule has 0 N–H and O–H groups in total. The van der Waals surface area contributed by atoms with E-state index in [9.17, 15) is 48.0 Å². The number of nitrogens with zero attached hydrogens (tertiary/aromatic N) is 3. The lowest BCUT2D eigenvalue weighted by Gasteiger charge is -2.31. The van der Waals surface area contributed by atoms with Gasteiger partial charge in [-0.25, -0.2) is 0 Å². The van der Waals surface area contributed by atoms with Crippen molar-refractivity contribution in [2.75, 3.05) is 6.54 Å². The Kier molecular flexibility index (Phi) is 7.62. The van der Waals surface area contributed by atoms with Crippen LogP contribution in [0.15, 0.2) is 18.3 Å². The molecule has 2 heterocycles. The molecular weight excluding hydrogens is 627 g/mol. The van der Waals surface area contributed by atoms with Crippen LogP contribution in [0.1, 0.15) is 29.7 Å². The van der Waals surface area contributed by atoms with Crippen LogP contribution in [-0.2, 0) is 44.2 Å². The van der Waals surface area contributed by atoms with Gasteiger partial charge >= 0.3 is 31.2 Å². The lowest BCUT2D eigenvalue weighted by Crippen LogP contribution is -2.41. The number of carbonyl (C=O) groups excluding carboxylic acids is 1. The lowest BCUT2D eigenvalue weighted by atomic mass is 9.92. The molecule has 2 unspecified atom stereocenters. The number of hydrogen-bond acceptors (Lipinski definition) is 7. The minimum Gasteiger partial charge on any atom is -0.376 e. The van der Waals surface area contributed by atoms with Gasteiger partial charge < -0.3 is 9.08 Å². The third-order valence-corrected chi connectivity index (χ3v) is 9.33. The molecule has 0 spiro atoms. The first-order valence-electron chi connectivity index (χ1n) is 11.0. The average Bonchev–Trinajstić information content (AvgIpc) is 3.37. The summed E-state index contributed by atoms with van der Waals surface area (Å²) in [5.74, 6) is -1.75. The number of rotatable bonds is 6. The van der Waals surface area contributed by atoms with Gasteiger partial charge in [0.1, 0.15) is 5.75 Å². The maximum absolute atomic E-state index is 13.1. The van der Waals surface area contributed by atoms with Crippen LogP contribution in [-0.4, -0.2) is 60.4 Å². The van der Waals surface area contributed by atoms with Crippen molar-refractivity contribution in [1.82, 2.24) is 14.1 Å². The van der Waals surface area contributed by atoms with Crippen LogP contribution in [0.4, 0.5) is 26.3 Å². The van der Waals surface area contributed by atoms with Crippen LogP contribution >= 0.6 is 23.2 Å². The van der Waals surface area contributed by atoms with E-state index >= 15 is 0 Å². The monoisotopic (exact) mass is 643 g/mol. The van der Waals surface area contributed by atoms with Crippen LogP contribution < -0.4 is 4.18 Å². The van der Waals surface area contributed by atoms with Gasteiger partial charge in [0.15, 0.2) is 0 Å². The van der Waals surface area contributed by atoms with E-state index in [2.05, 4.69) is 9.28 Å². The molecule has 19 heteroatoms. The predicted octanol–water partition coefficient (Wildman–Crippen LogP) is 4.06. The minimum absolute atomic E-state index is 0.0287. The summed E-state index contributed by atoms with van der Waals surface area (Å²) in [4.78, 5) is 14.7. The summed E-state index contributed by atoms with van der Waals surface area (Å²) in [6.45, 7) is 0.277. The number of aryl methyl sites for hydroxylation is 1. The summed E-state index contributed by atoms with van der Waals surface area (Å²) in [5, 5.41) is 3.13. The first-order chi connectivity index (χ1) is 17.8. The summed E-state index contributed by atoms with van der Waals surface area (Å²) in [7, 11) is -11.6. The summed E-state index contributed by atoms with van der Waals surface area (Å²) >= 11 is 12.2. The Morgan fingerprint density at radius 1 is 1.00 bits per heavy atom. The number of amides is 1. The minimum atomic E-state index is -5.96. The van der Waals surface area contributed by atoms with Gasteiger partial charge in [-0.15, -0.1) is 0 Å². The number of alkyl halides is 6. The fourth-order valence-electron chi connectivity index (χ4n) is 4.51. The third-order valence-electron chi connectivity index (χ3n) is 6.41. The fraction of sp³-hybridized carbons (Fsp3) is 0.500. The Labute approximate surface area is 227 Å². The number of carbonyl (C=O) groups is 1. The van der Waals surface area contributed by atoms with Crippen molar-refractivity contribution in [3.63, 3.8) is 0 Å². The molecule has 2 aliphatic rings. The highest BCUT2D eigenvalue weighted by atomic mass is 35.5. The number of fused-ring (bicyclic) bond motifs is 1. The van der Waals surface area contributed by atoms with Crippen LogP contribution in [0, 0.1) is 5.92 Å². The molecule has 1 aliphatic carbocycles. The van der Waals surface area contributed by atoms with Gasteiger partial charge in [0.05, 0.1) is 5.69 Å². The SMILES string of the molecule is O=C1C(Cc2c(Cl)cc(OS(=O)(=O)C(F)(F)F)cc2Cl)CCN1C1CCc2nn(S(=O)(=O)C(F)(F)F)cc2C1.